The summed E-state index contributed by atoms with van der Waals surface area (Å²) in [6.45, 7) is 5.99. The van der Waals surface area contributed by atoms with Crippen molar-refractivity contribution in [3.8, 4) is 6.07 Å². The van der Waals surface area contributed by atoms with Crippen molar-refractivity contribution in [2.45, 2.75) is 49.3 Å². The standard InChI is InChI=1S/C24H29N3OS/c1-3-5-16-27(17-6-4-2)19-20(18-25)24(28)26-22-14-10-11-15-23(22)29-21-12-8-7-9-13-21/h7-15,19H,3-6,16-17H2,1-2H3,(H,26,28)/b20-19-. The number of unbranched alkanes of at least 4 members (excludes halogenated alkanes) is 2. The number of carbonyl (C=O) groups is 1. The highest BCUT2D eigenvalue weighted by atomic mass is 32.2. The van der Waals surface area contributed by atoms with Crippen LogP contribution in [-0.4, -0.2) is 23.9 Å². The maximum Gasteiger partial charge on any atom is 0.267 e. The summed E-state index contributed by atoms with van der Waals surface area (Å²) in [7, 11) is 0. The highest BCUT2D eigenvalue weighted by Crippen LogP contribution is 2.33. The molecule has 1 N–H and O–H groups in total. The number of amides is 1. The maximum absolute atomic E-state index is 12.8. The van der Waals surface area contributed by atoms with Crippen LogP contribution in [0.4, 0.5) is 5.69 Å². The average Bonchev–Trinajstić information content (AvgIpc) is 2.75. The van der Waals surface area contributed by atoms with Crippen molar-refractivity contribution in [2.75, 3.05) is 18.4 Å². The van der Waals surface area contributed by atoms with Gasteiger partial charge in [0.1, 0.15) is 11.6 Å². The number of benzene rings is 2. The number of hydrogen-bond donors (Lipinski definition) is 1. The van der Waals surface area contributed by atoms with Crippen LogP contribution in [0.25, 0.3) is 0 Å². The number of para-hydroxylation sites is 1. The van der Waals surface area contributed by atoms with Gasteiger partial charge in [-0.25, -0.2) is 0 Å². The molecule has 0 atom stereocenters. The fraction of sp³-hybridized carbons (Fsp3) is 0.333. The summed E-state index contributed by atoms with van der Waals surface area (Å²) in [5.41, 5.74) is 0.845. The van der Waals surface area contributed by atoms with Gasteiger partial charge in [0.2, 0.25) is 0 Å². The summed E-state index contributed by atoms with van der Waals surface area (Å²) in [6, 6.07) is 19.8. The number of rotatable bonds is 11. The van der Waals surface area contributed by atoms with Crippen molar-refractivity contribution in [1.82, 2.24) is 4.90 Å². The number of hydrogen-bond acceptors (Lipinski definition) is 4. The molecule has 2 aromatic rings. The summed E-state index contributed by atoms with van der Waals surface area (Å²) < 4.78 is 0. The maximum atomic E-state index is 12.8. The predicted molar refractivity (Wildman–Crippen MR) is 121 cm³/mol. The molecule has 4 nitrogen and oxygen atoms in total. The second kappa shape index (κ2) is 12.7. The second-order valence-corrected chi connectivity index (χ2v) is 7.88. The molecule has 2 aromatic carbocycles. The predicted octanol–water partition coefficient (Wildman–Crippen LogP) is 6.09. The summed E-state index contributed by atoms with van der Waals surface area (Å²) in [5.74, 6) is -0.369. The number of carbonyl (C=O) groups excluding carboxylic acids is 1. The van der Waals surface area contributed by atoms with Gasteiger partial charge in [0.25, 0.3) is 5.91 Å². The molecule has 1 amide bonds. The Morgan fingerprint density at radius 1 is 1.03 bits per heavy atom. The lowest BCUT2D eigenvalue weighted by Crippen LogP contribution is -2.23. The SMILES string of the molecule is CCCCN(/C=C(/C#N)C(=O)Nc1ccccc1Sc1ccccc1)CCCC. The van der Waals surface area contributed by atoms with Crippen molar-refractivity contribution in [3.05, 3.63) is 66.4 Å². The van der Waals surface area contributed by atoms with E-state index >= 15 is 0 Å². The second-order valence-electron chi connectivity index (χ2n) is 6.76. The molecule has 0 radical (unpaired) electrons. The largest absolute Gasteiger partial charge is 0.376 e. The van der Waals surface area contributed by atoms with Gasteiger partial charge in [-0.05, 0) is 37.1 Å². The summed E-state index contributed by atoms with van der Waals surface area (Å²) >= 11 is 1.58. The molecular formula is C24H29N3OS. The van der Waals surface area contributed by atoms with Gasteiger partial charge < -0.3 is 10.2 Å². The first-order chi connectivity index (χ1) is 14.2. The van der Waals surface area contributed by atoms with Crippen LogP contribution < -0.4 is 5.32 Å². The molecule has 0 spiro atoms. The van der Waals surface area contributed by atoms with Crippen LogP contribution in [0.5, 0.6) is 0 Å². The Morgan fingerprint density at radius 2 is 1.66 bits per heavy atom. The molecule has 29 heavy (non-hydrogen) atoms. The molecular weight excluding hydrogens is 378 g/mol. The Hall–Kier alpha value is -2.71. The quantitative estimate of drug-likeness (QED) is 0.362. The van der Waals surface area contributed by atoms with Gasteiger partial charge in [0.05, 0.1) is 5.69 Å². The van der Waals surface area contributed by atoms with Crippen molar-refractivity contribution >= 4 is 23.4 Å². The molecule has 0 fully saturated rings. The molecule has 2 rings (SSSR count). The third-order valence-corrected chi connectivity index (χ3v) is 5.46. The third kappa shape index (κ3) is 7.67. The minimum absolute atomic E-state index is 0.136. The van der Waals surface area contributed by atoms with E-state index in [2.05, 4.69) is 30.1 Å². The molecule has 0 unspecified atom stereocenters. The Kier molecular flexibility index (Phi) is 9.88. The van der Waals surface area contributed by atoms with Crippen molar-refractivity contribution in [1.29, 1.82) is 5.26 Å². The van der Waals surface area contributed by atoms with E-state index in [1.807, 2.05) is 54.6 Å². The van der Waals surface area contributed by atoms with Crippen LogP contribution >= 0.6 is 11.8 Å². The Balaban J connectivity index is 2.15. The molecule has 0 saturated heterocycles. The number of nitrogens with one attached hydrogen (secondary N) is 1. The summed E-state index contributed by atoms with van der Waals surface area (Å²) in [6.07, 6.45) is 5.95. The van der Waals surface area contributed by atoms with Crippen molar-refractivity contribution in [3.63, 3.8) is 0 Å². The van der Waals surface area contributed by atoms with Crippen LogP contribution in [0.2, 0.25) is 0 Å². The Bertz CT molecular complexity index is 835. The van der Waals surface area contributed by atoms with Gasteiger partial charge in [0.15, 0.2) is 0 Å². The molecule has 152 valence electrons. The summed E-state index contributed by atoms with van der Waals surface area (Å²) in [5, 5.41) is 12.5. The molecule has 0 aliphatic heterocycles. The van der Waals surface area contributed by atoms with Gasteiger partial charge in [0, 0.05) is 29.1 Å². The number of anilines is 1. The Labute approximate surface area is 178 Å². The fourth-order valence-electron chi connectivity index (χ4n) is 2.75. The van der Waals surface area contributed by atoms with Crippen LogP contribution in [0.3, 0.4) is 0 Å². The molecule has 0 bridgehead atoms. The monoisotopic (exact) mass is 407 g/mol. The van der Waals surface area contributed by atoms with E-state index in [-0.39, 0.29) is 11.5 Å². The molecule has 0 heterocycles. The van der Waals surface area contributed by atoms with E-state index in [4.69, 9.17) is 0 Å². The first kappa shape index (κ1) is 22.6. The van der Waals surface area contributed by atoms with E-state index < -0.39 is 0 Å². The van der Waals surface area contributed by atoms with E-state index in [0.717, 1.165) is 48.6 Å². The number of nitriles is 1. The molecule has 0 saturated carbocycles. The topological polar surface area (TPSA) is 56.1 Å². The van der Waals surface area contributed by atoms with Gasteiger partial charge >= 0.3 is 0 Å². The Morgan fingerprint density at radius 3 is 2.28 bits per heavy atom. The van der Waals surface area contributed by atoms with Crippen LogP contribution in [0, 0.1) is 11.3 Å². The minimum atomic E-state index is -0.369. The lowest BCUT2D eigenvalue weighted by molar-refractivity contribution is -0.112. The molecule has 0 aliphatic rings. The number of nitrogens with zero attached hydrogens (tertiary/aromatic N) is 2. The van der Waals surface area contributed by atoms with E-state index in [1.54, 1.807) is 18.0 Å². The lowest BCUT2D eigenvalue weighted by atomic mass is 10.2. The van der Waals surface area contributed by atoms with Crippen molar-refractivity contribution in [2.24, 2.45) is 0 Å². The smallest absolute Gasteiger partial charge is 0.267 e. The first-order valence-electron chi connectivity index (χ1n) is 10.2. The summed E-state index contributed by atoms with van der Waals surface area (Å²) in [4.78, 5) is 16.9. The van der Waals surface area contributed by atoms with Crippen LogP contribution in [0.15, 0.2) is 76.2 Å². The highest BCUT2D eigenvalue weighted by molar-refractivity contribution is 7.99. The van der Waals surface area contributed by atoms with Gasteiger partial charge in [-0.3, -0.25) is 4.79 Å². The minimum Gasteiger partial charge on any atom is -0.376 e. The molecule has 0 aromatic heterocycles. The molecule has 5 heteroatoms. The molecule has 0 aliphatic carbocycles. The normalized spacial score (nSPS) is 11.0. The van der Waals surface area contributed by atoms with Crippen LogP contribution in [0.1, 0.15) is 39.5 Å². The zero-order chi connectivity index (χ0) is 20.9. The van der Waals surface area contributed by atoms with E-state index in [0.29, 0.717) is 5.69 Å². The highest BCUT2D eigenvalue weighted by Gasteiger charge is 2.14. The van der Waals surface area contributed by atoms with E-state index in [9.17, 15) is 10.1 Å². The van der Waals surface area contributed by atoms with E-state index in [1.165, 1.54) is 0 Å². The lowest BCUT2D eigenvalue weighted by Gasteiger charge is -2.20. The zero-order valence-electron chi connectivity index (χ0n) is 17.2. The zero-order valence-corrected chi connectivity index (χ0v) is 18.0. The average molecular weight is 408 g/mol. The van der Waals surface area contributed by atoms with Gasteiger partial charge in [-0.1, -0.05) is 68.8 Å². The van der Waals surface area contributed by atoms with Gasteiger partial charge in [-0.15, -0.1) is 0 Å². The van der Waals surface area contributed by atoms with Crippen LogP contribution in [-0.2, 0) is 4.79 Å². The van der Waals surface area contributed by atoms with Gasteiger partial charge in [-0.2, -0.15) is 5.26 Å². The third-order valence-electron chi connectivity index (χ3n) is 4.38. The first-order valence-corrected chi connectivity index (χ1v) is 11.0. The fourth-order valence-corrected chi connectivity index (χ4v) is 3.67. The van der Waals surface area contributed by atoms with Crippen molar-refractivity contribution < 1.29 is 4.79 Å².